The first kappa shape index (κ1) is 14.6. The van der Waals surface area contributed by atoms with E-state index in [1.165, 1.54) is 11.8 Å². The van der Waals surface area contributed by atoms with Gasteiger partial charge in [0, 0.05) is 24.0 Å². The van der Waals surface area contributed by atoms with Gasteiger partial charge in [-0.1, -0.05) is 6.07 Å². The lowest BCUT2D eigenvalue weighted by molar-refractivity contribution is 0.0944. The molecule has 1 aliphatic rings. The summed E-state index contributed by atoms with van der Waals surface area (Å²) in [6.07, 6.45) is 4.35. The number of carbonyl (C=O) groups is 2. The molecule has 0 saturated heterocycles. The van der Waals surface area contributed by atoms with E-state index >= 15 is 0 Å². The van der Waals surface area contributed by atoms with E-state index in [2.05, 4.69) is 15.6 Å². The lowest BCUT2D eigenvalue weighted by atomic mass is 10.00. The van der Waals surface area contributed by atoms with Gasteiger partial charge in [0.05, 0.1) is 5.56 Å². The number of nitrogens with one attached hydrogen (secondary N) is 2. The zero-order valence-corrected chi connectivity index (χ0v) is 12.9. The molecule has 1 aromatic heterocycles. The fourth-order valence-corrected chi connectivity index (χ4v) is 2.96. The van der Waals surface area contributed by atoms with Crippen molar-refractivity contribution in [3.05, 3.63) is 53.2 Å². The van der Waals surface area contributed by atoms with Gasteiger partial charge >= 0.3 is 0 Å². The Morgan fingerprint density at radius 1 is 1.36 bits per heavy atom. The van der Waals surface area contributed by atoms with Gasteiger partial charge in [-0.15, -0.1) is 11.8 Å². The molecular formula is C16H15N3O2S. The number of amides is 2. The molecule has 6 heteroatoms. The van der Waals surface area contributed by atoms with Gasteiger partial charge in [-0.25, -0.2) is 4.98 Å². The summed E-state index contributed by atoms with van der Waals surface area (Å²) in [5, 5.41) is 6.31. The highest BCUT2D eigenvalue weighted by molar-refractivity contribution is 7.98. The molecule has 0 saturated carbocycles. The molecule has 0 spiro atoms. The van der Waals surface area contributed by atoms with Crippen LogP contribution < -0.4 is 10.6 Å². The Morgan fingerprint density at radius 2 is 2.23 bits per heavy atom. The van der Waals surface area contributed by atoms with Gasteiger partial charge in [-0.3, -0.25) is 9.59 Å². The van der Waals surface area contributed by atoms with Crippen LogP contribution in [0, 0.1) is 0 Å². The van der Waals surface area contributed by atoms with E-state index < -0.39 is 0 Å². The van der Waals surface area contributed by atoms with Gasteiger partial charge in [0.1, 0.15) is 5.03 Å². The van der Waals surface area contributed by atoms with E-state index in [1.807, 2.05) is 18.4 Å². The molecule has 112 valence electrons. The van der Waals surface area contributed by atoms with Crippen LogP contribution in [0.5, 0.6) is 0 Å². The maximum Gasteiger partial charge on any atom is 0.258 e. The van der Waals surface area contributed by atoms with Gasteiger partial charge in [0.25, 0.3) is 11.8 Å². The summed E-state index contributed by atoms with van der Waals surface area (Å²) in [6.45, 7) is 0.657. The van der Waals surface area contributed by atoms with Gasteiger partial charge < -0.3 is 10.6 Å². The topological polar surface area (TPSA) is 71.1 Å². The Morgan fingerprint density at radius 3 is 3.05 bits per heavy atom. The number of anilines is 1. The van der Waals surface area contributed by atoms with Gasteiger partial charge in [-0.2, -0.15) is 0 Å². The number of carbonyl (C=O) groups excluding carboxylic acids is 2. The number of hydrogen-bond donors (Lipinski definition) is 2. The normalized spacial score (nSPS) is 13.2. The Hall–Kier alpha value is -2.34. The van der Waals surface area contributed by atoms with Crippen LogP contribution in [0.4, 0.5) is 5.69 Å². The number of pyridine rings is 1. The van der Waals surface area contributed by atoms with E-state index in [-0.39, 0.29) is 11.8 Å². The summed E-state index contributed by atoms with van der Waals surface area (Å²) < 4.78 is 0. The molecule has 1 aromatic carbocycles. The molecule has 0 fully saturated rings. The average molecular weight is 313 g/mol. The Bertz CT molecular complexity index is 746. The molecule has 2 heterocycles. The van der Waals surface area contributed by atoms with Crippen LogP contribution in [0.1, 0.15) is 26.3 Å². The van der Waals surface area contributed by atoms with Gasteiger partial charge in [0.15, 0.2) is 0 Å². The minimum absolute atomic E-state index is 0.0940. The Labute approximate surface area is 132 Å². The maximum atomic E-state index is 12.4. The van der Waals surface area contributed by atoms with Gasteiger partial charge in [-0.05, 0) is 42.5 Å². The third-order valence-corrected chi connectivity index (χ3v) is 4.21. The molecule has 0 atom stereocenters. The second-order valence-electron chi connectivity index (χ2n) is 4.89. The van der Waals surface area contributed by atoms with Crippen LogP contribution in [-0.2, 0) is 6.42 Å². The maximum absolute atomic E-state index is 12.4. The SMILES string of the molecule is CSc1ncccc1C(=O)Nc1ccc2c(c1)C(=O)NCC2. The standard InChI is InChI=1S/C16H15N3O2S/c1-22-16-12(3-2-7-18-16)15(21)19-11-5-4-10-6-8-17-14(20)13(10)9-11/h2-5,7,9H,6,8H2,1H3,(H,17,20)(H,19,21). The zero-order chi connectivity index (χ0) is 15.5. The molecule has 0 bridgehead atoms. The van der Waals surface area contributed by atoms with Gasteiger partial charge in [0.2, 0.25) is 0 Å². The molecule has 3 rings (SSSR count). The second kappa shape index (κ2) is 6.19. The van der Waals surface area contributed by atoms with Crippen molar-refractivity contribution in [3.63, 3.8) is 0 Å². The molecule has 2 amide bonds. The average Bonchev–Trinajstić information content (AvgIpc) is 2.55. The summed E-state index contributed by atoms with van der Waals surface area (Å²) in [4.78, 5) is 28.4. The van der Waals surface area contributed by atoms with Crippen molar-refractivity contribution in [3.8, 4) is 0 Å². The molecule has 0 aliphatic carbocycles. The largest absolute Gasteiger partial charge is 0.352 e. The van der Waals surface area contributed by atoms with Crippen LogP contribution >= 0.6 is 11.8 Å². The minimum atomic E-state index is -0.228. The number of rotatable bonds is 3. The molecule has 5 nitrogen and oxygen atoms in total. The predicted molar refractivity (Wildman–Crippen MR) is 86.5 cm³/mol. The number of fused-ring (bicyclic) bond motifs is 1. The van der Waals surface area contributed by atoms with E-state index in [4.69, 9.17) is 0 Å². The zero-order valence-electron chi connectivity index (χ0n) is 12.1. The summed E-state index contributed by atoms with van der Waals surface area (Å²) >= 11 is 1.42. The number of aromatic nitrogens is 1. The summed E-state index contributed by atoms with van der Waals surface area (Å²) in [5.41, 5.74) is 2.77. The molecule has 0 radical (unpaired) electrons. The fraction of sp³-hybridized carbons (Fsp3) is 0.188. The minimum Gasteiger partial charge on any atom is -0.352 e. The van der Waals surface area contributed by atoms with E-state index in [9.17, 15) is 9.59 Å². The van der Waals surface area contributed by atoms with Crippen LogP contribution in [0.3, 0.4) is 0 Å². The Balaban J connectivity index is 1.85. The second-order valence-corrected chi connectivity index (χ2v) is 5.69. The highest BCUT2D eigenvalue weighted by atomic mass is 32.2. The highest BCUT2D eigenvalue weighted by Gasteiger charge is 2.18. The summed E-state index contributed by atoms with van der Waals surface area (Å²) in [5.74, 6) is -0.322. The van der Waals surface area contributed by atoms with E-state index in [1.54, 1.807) is 24.4 Å². The first-order valence-electron chi connectivity index (χ1n) is 6.90. The summed E-state index contributed by atoms with van der Waals surface area (Å²) in [6, 6.07) is 8.90. The van der Waals surface area contributed by atoms with Crippen LogP contribution in [-0.4, -0.2) is 29.6 Å². The van der Waals surface area contributed by atoms with Crippen molar-refractivity contribution >= 4 is 29.3 Å². The lowest BCUT2D eigenvalue weighted by Crippen LogP contribution is -2.31. The number of nitrogens with zero attached hydrogens (tertiary/aromatic N) is 1. The quantitative estimate of drug-likeness (QED) is 0.853. The van der Waals surface area contributed by atoms with Crippen LogP contribution in [0.2, 0.25) is 0 Å². The molecule has 1 aliphatic heterocycles. The number of hydrogen-bond acceptors (Lipinski definition) is 4. The Kier molecular flexibility index (Phi) is 4.11. The number of thioether (sulfide) groups is 1. The van der Waals surface area contributed by atoms with Crippen LogP contribution in [0.25, 0.3) is 0 Å². The van der Waals surface area contributed by atoms with Crippen molar-refractivity contribution in [1.29, 1.82) is 0 Å². The lowest BCUT2D eigenvalue weighted by Gasteiger charge is -2.17. The van der Waals surface area contributed by atoms with E-state index in [0.717, 1.165) is 12.0 Å². The first-order valence-corrected chi connectivity index (χ1v) is 8.13. The van der Waals surface area contributed by atoms with E-state index in [0.29, 0.717) is 28.4 Å². The number of benzene rings is 1. The van der Waals surface area contributed by atoms with Crippen molar-refractivity contribution in [1.82, 2.24) is 10.3 Å². The monoisotopic (exact) mass is 313 g/mol. The molecule has 2 N–H and O–H groups in total. The van der Waals surface area contributed by atoms with Crippen molar-refractivity contribution in [2.45, 2.75) is 11.4 Å². The highest BCUT2D eigenvalue weighted by Crippen LogP contribution is 2.21. The first-order chi connectivity index (χ1) is 10.7. The molecule has 22 heavy (non-hydrogen) atoms. The fourth-order valence-electron chi connectivity index (χ4n) is 2.41. The molecule has 2 aromatic rings. The van der Waals surface area contributed by atoms with Crippen molar-refractivity contribution in [2.24, 2.45) is 0 Å². The van der Waals surface area contributed by atoms with Crippen molar-refractivity contribution < 1.29 is 9.59 Å². The third-order valence-electron chi connectivity index (χ3n) is 3.50. The predicted octanol–water partition coefficient (Wildman–Crippen LogP) is 2.34. The summed E-state index contributed by atoms with van der Waals surface area (Å²) in [7, 11) is 0. The third kappa shape index (κ3) is 2.82. The van der Waals surface area contributed by atoms with Crippen LogP contribution in [0.15, 0.2) is 41.6 Å². The molecular weight excluding hydrogens is 298 g/mol. The molecule has 0 unspecified atom stereocenters. The van der Waals surface area contributed by atoms with Crippen molar-refractivity contribution in [2.75, 3.05) is 18.1 Å². The smallest absolute Gasteiger partial charge is 0.258 e.